The summed E-state index contributed by atoms with van der Waals surface area (Å²) in [6, 6.07) is 11.6. The maximum atomic E-state index is 12.7. The van der Waals surface area contributed by atoms with E-state index in [0.29, 0.717) is 22.9 Å². The van der Waals surface area contributed by atoms with Crippen molar-refractivity contribution in [1.29, 1.82) is 0 Å². The summed E-state index contributed by atoms with van der Waals surface area (Å²) in [5.74, 6) is 3.83. The lowest BCUT2D eigenvalue weighted by atomic mass is 10.3. The molecule has 3 rings (SSSR count). The minimum absolute atomic E-state index is 0.0861. The topological polar surface area (TPSA) is 69.9 Å². The van der Waals surface area contributed by atoms with Gasteiger partial charge in [-0.1, -0.05) is 17.3 Å². The molecule has 0 N–H and O–H groups in total. The Balaban J connectivity index is 2.15. The lowest BCUT2D eigenvalue weighted by Crippen LogP contribution is -2.16. The third-order valence-electron chi connectivity index (χ3n) is 3.77. The monoisotopic (exact) mass is 402 g/mol. The molecule has 0 spiro atoms. The number of terminal acetylenes is 1. The number of nitrogens with zero attached hydrogens (tertiary/aromatic N) is 2. The van der Waals surface area contributed by atoms with Crippen LogP contribution in [0.25, 0.3) is 10.2 Å². The van der Waals surface area contributed by atoms with Crippen LogP contribution in [-0.2, 0) is 16.6 Å². The first-order chi connectivity index (χ1) is 13.0. The minimum Gasteiger partial charge on any atom is -0.497 e. The summed E-state index contributed by atoms with van der Waals surface area (Å²) in [7, 11) is -2.37. The number of aromatic nitrogens is 1. The van der Waals surface area contributed by atoms with E-state index in [2.05, 4.69) is 10.3 Å². The van der Waals surface area contributed by atoms with Crippen molar-refractivity contribution < 1.29 is 17.9 Å². The van der Waals surface area contributed by atoms with E-state index in [0.717, 1.165) is 10.2 Å². The number of hydrogen-bond acceptors (Lipinski definition) is 5. The van der Waals surface area contributed by atoms with E-state index in [1.807, 2.05) is 25.1 Å². The average molecular weight is 402 g/mol. The van der Waals surface area contributed by atoms with E-state index in [9.17, 15) is 8.42 Å². The Hall–Kier alpha value is -2.76. The second-order valence-electron chi connectivity index (χ2n) is 5.48. The quantitative estimate of drug-likeness (QED) is 0.594. The van der Waals surface area contributed by atoms with E-state index in [1.54, 1.807) is 16.7 Å². The Morgan fingerprint density at radius 2 is 1.89 bits per heavy atom. The van der Waals surface area contributed by atoms with Crippen LogP contribution in [0.4, 0.5) is 0 Å². The first-order valence-electron chi connectivity index (χ1n) is 8.13. The maximum absolute atomic E-state index is 12.7. The lowest BCUT2D eigenvalue weighted by Gasteiger charge is -2.04. The number of sulfonamides is 1. The maximum Gasteiger partial charge on any atom is 0.285 e. The highest BCUT2D eigenvalue weighted by molar-refractivity contribution is 7.90. The first kappa shape index (κ1) is 19.0. The summed E-state index contributed by atoms with van der Waals surface area (Å²) >= 11 is 1.25. The Kier molecular flexibility index (Phi) is 5.54. The summed E-state index contributed by atoms with van der Waals surface area (Å²) in [5, 5.41) is 0. The molecule has 2 aromatic carbocycles. The highest BCUT2D eigenvalue weighted by Crippen LogP contribution is 2.24. The minimum atomic E-state index is -3.89. The number of fused-ring (bicyclic) bond motifs is 1. The standard InChI is InChI=1S/C19H18N2O4S2/c1-4-12-21-17-11-8-15(25-5-2)13-18(17)26-19(21)20-27(22,23)16-9-6-14(24-3)7-10-16/h1,6-11,13H,5,12H2,2-3H3/b20-19-. The summed E-state index contributed by atoms with van der Waals surface area (Å²) in [5.41, 5.74) is 0.810. The van der Waals surface area contributed by atoms with Crippen LogP contribution >= 0.6 is 11.3 Å². The largest absolute Gasteiger partial charge is 0.497 e. The Labute approximate surface area is 161 Å². The van der Waals surface area contributed by atoms with E-state index in [-0.39, 0.29) is 11.4 Å². The molecule has 0 aliphatic heterocycles. The van der Waals surface area contributed by atoms with Crippen molar-refractivity contribution in [2.24, 2.45) is 4.40 Å². The number of benzene rings is 2. The predicted molar refractivity (Wildman–Crippen MR) is 106 cm³/mol. The van der Waals surface area contributed by atoms with Gasteiger partial charge < -0.3 is 14.0 Å². The lowest BCUT2D eigenvalue weighted by molar-refractivity contribution is 0.341. The van der Waals surface area contributed by atoms with Gasteiger partial charge in [0.1, 0.15) is 11.5 Å². The molecule has 0 saturated carbocycles. The van der Waals surface area contributed by atoms with E-state index >= 15 is 0 Å². The third-order valence-corrected chi connectivity index (χ3v) is 6.21. The second kappa shape index (κ2) is 7.86. The van der Waals surface area contributed by atoms with Crippen molar-refractivity contribution in [2.75, 3.05) is 13.7 Å². The van der Waals surface area contributed by atoms with Gasteiger partial charge in [-0.05, 0) is 49.4 Å². The van der Waals surface area contributed by atoms with Gasteiger partial charge in [-0.2, -0.15) is 8.42 Å². The number of rotatable bonds is 6. The molecule has 0 saturated heterocycles. The predicted octanol–water partition coefficient (Wildman–Crippen LogP) is 3.03. The molecule has 8 heteroatoms. The zero-order valence-electron chi connectivity index (χ0n) is 14.9. The molecular formula is C19H18N2O4S2. The number of ether oxygens (including phenoxy) is 2. The van der Waals surface area contributed by atoms with Crippen LogP contribution in [-0.4, -0.2) is 26.7 Å². The molecule has 0 amide bonds. The van der Waals surface area contributed by atoms with Crippen LogP contribution in [0.5, 0.6) is 11.5 Å². The Morgan fingerprint density at radius 1 is 1.19 bits per heavy atom. The van der Waals surface area contributed by atoms with Gasteiger partial charge in [-0.3, -0.25) is 0 Å². The van der Waals surface area contributed by atoms with Crippen LogP contribution in [0.3, 0.4) is 0 Å². The van der Waals surface area contributed by atoms with Crippen LogP contribution < -0.4 is 14.3 Å². The first-order valence-corrected chi connectivity index (χ1v) is 10.4. The zero-order chi connectivity index (χ0) is 19.4. The Bertz CT molecular complexity index is 1170. The normalized spacial score (nSPS) is 12.1. The molecule has 0 aliphatic carbocycles. The Morgan fingerprint density at radius 3 is 2.52 bits per heavy atom. The molecular weight excluding hydrogens is 384 g/mol. The molecule has 27 heavy (non-hydrogen) atoms. The number of thiazole rings is 1. The van der Waals surface area contributed by atoms with Crippen molar-refractivity contribution in [3.05, 3.63) is 47.3 Å². The van der Waals surface area contributed by atoms with E-state index in [4.69, 9.17) is 15.9 Å². The fourth-order valence-electron chi connectivity index (χ4n) is 2.53. The molecule has 0 fully saturated rings. The fourth-order valence-corrected chi connectivity index (χ4v) is 4.79. The third kappa shape index (κ3) is 3.99. The van der Waals surface area contributed by atoms with Gasteiger partial charge in [0.25, 0.3) is 10.0 Å². The van der Waals surface area contributed by atoms with Gasteiger partial charge in [-0.15, -0.1) is 10.8 Å². The molecule has 3 aromatic rings. The van der Waals surface area contributed by atoms with Gasteiger partial charge in [0.2, 0.25) is 4.80 Å². The van der Waals surface area contributed by atoms with E-state index < -0.39 is 10.0 Å². The highest BCUT2D eigenvalue weighted by atomic mass is 32.2. The molecule has 0 radical (unpaired) electrons. The summed E-state index contributed by atoms with van der Waals surface area (Å²) in [6.45, 7) is 2.66. The van der Waals surface area contributed by atoms with Crippen molar-refractivity contribution in [3.8, 4) is 23.8 Å². The highest BCUT2D eigenvalue weighted by Gasteiger charge is 2.15. The molecule has 0 unspecified atom stereocenters. The van der Waals surface area contributed by atoms with Crippen molar-refractivity contribution in [3.63, 3.8) is 0 Å². The van der Waals surface area contributed by atoms with Crippen LogP contribution in [0.2, 0.25) is 0 Å². The second-order valence-corrected chi connectivity index (χ2v) is 8.09. The average Bonchev–Trinajstić information content (AvgIpc) is 2.98. The van der Waals surface area contributed by atoms with Gasteiger partial charge in [0.15, 0.2) is 0 Å². The number of methoxy groups -OCH3 is 1. The summed E-state index contributed by atoms with van der Waals surface area (Å²) in [6.07, 6.45) is 5.47. The fraction of sp³-hybridized carbons (Fsp3) is 0.211. The van der Waals surface area contributed by atoms with Crippen molar-refractivity contribution >= 4 is 31.6 Å². The molecule has 0 aliphatic rings. The van der Waals surface area contributed by atoms with Crippen LogP contribution in [0.1, 0.15) is 6.92 Å². The van der Waals surface area contributed by atoms with Gasteiger partial charge in [-0.25, -0.2) is 0 Å². The van der Waals surface area contributed by atoms with Gasteiger partial charge >= 0.3 is 0 Å². The number of hydrogen-bond donors (Lipinski definition) is 0. The van der Waals surface area contributed by atoms with Crippen LogP contribution in [0, 0.1) is 12.3 Å². The molecule has 140 valence electrons. The van der Waals surface area contributed by atoms with Crippen molar-refractivity contribution in [1.82, 2.24) is 4.57 Å². The molecule has 1 aromatic heterocycles. The van der Waals surface area contributed by atoms with Crippen LogP contribution in [0.15, 0.2) is 51.8 Å². The molecule has 0 bridgehead atoms. The molecule has 1 heterocycles. The smallest absolute Gasteiger partial charge is 0.285 e. The van der Waals surface area contributed by atoms with Gasteiger partial charge in [0.05, 0.1) is 35.4 Å². The SMILES string of the molecule is C#CCn1/c(=N/S(=O)(=O)c2ccc(OC)cc2)sc2cc(OCC)ccc21. The van der Waals surface area contributed by atoms with Gasteiger partial charge in [0, 0.05) is 0 Å². The summed E-state index contributed by atoms with van der Waals surface area (Å²) in [4.78, 5) is 0.399. The molecule has 6 nitrogen and oxygen atoms in total. The zero-order valence-corrected chi connectivity index (χ0v) is 16.5. The summed E-state index contributed by atoms with van der Waals surface area (Å²) < 4.78 is 42.6. The molecule has 0 atom stereocenters. The van der Waals surface area contributed by atoms with E-state index in [1.165, 1.54) is 30.6 Å². The van der Waals surface area contributed by atoms with Crippen molar-refractivity contribution in [2.45, 2.75) is 18.4 Å².